The summed E-state index contributed by atoms with van der Waals surface area (Å²) in [5, 5.41) is 0. The van der Waals surface area contributed by atoms with E-state index in [4.69, 9.17) is 0 Å². The lowest BCUT2D eigenvalue weighted by molar-refractivity contribution is -0.128. The average Bonchev–Trinajstić information content (AvgIpc) is 3.00. The topological polar surface area (TPSA) is 117 Å². The molecule has 1 aliphatic heterocycles. The Hall–Kier alpha value is -3.20. The number of hydrogen-bond donors (Lipinski definition) is 3. The Labute approximate surface area is 175 Å². The van der Waals surface area contributed by atoms with E-state index in [1.165, 1.54) is 0 Å². The van der Waals surface area contributed by atoms with E-state index in [9.17, 15) is 18.0 Å². The minimum absolute atomic E-state index is 0.203. The molecular formula is C21H24N4O4S. The first-order valence-electron chi connectivity index (χ1n) is 9.74. The molecule has 0 unspecified atom stereocenters. The fourth-order valence-corrected chi connectivity index (χ4v) is 4.29. The number of benzene rings is 2. The van der Waals surface area contributed by atoms with Gasteiger partial charge in [0.1, 0.15) is 5.84 Å². The number of unbranched alkanes of at least 4 members (excludes halogenated alkanes) is 2. The molecule has 0 fully saturated rings. The number of nitrogens with zero attached hydrogens (tertiary/aromatic N) is 1. The number of hydrazine groups is 1. The number of amides is 2. The number of carbonyl (C=O) groups excluding carboxylic acids is 2. The summed E-state index contributed by atoms with van der Waals surface area (Å²) in [6, 6.07) is 16.0. The highest BCUT2D eigenvalue weighted by atomic mass is 32.2. The highest BCUT2D eigenvalue weighted by molar-refractivity contribution is 7.90. The van der Waals surface area contributed by atoms with E-state index in [1.807, 2.05) is 30.3 Å². The SMILES string of the molecule is O=C(CCCCCN=C1NS(=O)(=O)c2ccccc21)NNC(=O)Cc1ccccc1. The van der Waals surface area contributed by atoms with Crippen molar-refractivity contribution in [3.8, 4) is 0 Å². The first-order chi connectivity index (χ1) is 14.5. The van der Waals surface area contributed by atoms with Gasteiger partial charge in [0.25, 0.3) is 10.0 Å². The predicted molar refractivity (Wildman–Crippen MR) is 113 cm³/mol. The number of amidine groups is 1. The van der Waals surface area contributed by atoms with E-state index in [2.05, 4.69) is 20.6 Å². The molecular weight excluding hydrogens is 404 g/mol. The van der Waals surface area contributed by atoms with Crippen molar-refractivity contribution >= 4 is 27.7 Å². The number of carbonyl (C=O) groups is 2. The third-order valence-electron chi connectivity index (χ3n) is 4.54. The van der Waals surface area contributed by atoms with Gasteiger partial charge in [-0.15, -0.1) is 0 Å². The Morgan fingerprint density at radius 1 is 0.867 bits per heavy atom. The molecule has 2 aromatic carbocycles. The van der Waals surface area contributed by atoms with Crippen LogP contribution >= 0.6 is 0 Å². The molecule has 30 heavy (non-hydrogen) atoms. The van der Waals surface area contributed by atoms with Crippen LogP contribution in [0.3, 0.4) is 0 Å². The van der Waals surface area contributed by atoms with Crippen LogP contribution in [0.5, 0.6) is 0 Å². The van der Waals surface area contributed by atoms with Gasteiger partial charge in [-0.2, -0.15) is 0 Å². The Morgan fingerprint density at radius 2 is 1.57 bits per heavy atom. The Balaban J connectivity index is 1.32. The van der Waals surface area contributed by atoms with Gasteiger partial charge in [-0.05, 0) is 30.5 Å². The van der Waals surface area contributed by atoms with Crippen LogP contribution in [-0.2, 0) is 26.0 Å². The van der Waals surface area contributed by atoms with Crippen molar-refractivity contribution in [2.75, 3.05) is 6.54 Å². The molecule has 9 heteroatoms. The second-order valence-electron chi connectivity index (χ2n) is 6.90. The third-order valence-corrected chi connectivity index (χ3v) is 5.94. The van der Waals surface area contributed by atoms with E-state index >= 15 is 0 Å². The van der Waals surface area contributed by atoms with Crippen LogP contribution in [0.2, 0.25) is 0 Å². The van der Waals surface area contributed by atoms with Crippen LogP contribution in [0.25, 0.3) is 0 Å². The molecule has 3 rings (SSSR count). The lowest BCUT2D eigenvalue weighted by atomic mass is 10.1. The number of aliphatic imine (C=N–C) groups is 1. The van der Waals surface area contributed by atoms with Crippen LogP contribution in [0.1, 0.15) is 36.8 Å². The van der Waals surface area contributed by atoms with E-state index in [-0.39, 0.29) is 29.6 Å². The lowest BCUT2D eigenvalue weighted by Gasteiger charge is -2.07. The third kappa shape index (κ3) is 5.90. The molecule has 8 nitrogen and oxygen atoms in total. The zero-order valence-electron chi connectivity index (χ0n) is 16.4. The molecule has 1 aliphatic rings. The number of hydrogen-bond acceptors (Lipinski definition) is 5. The minimum atomic E-state index is -3.52. The number of sulfonamides is 1. The van der Waals surface area contributed by atoms with Gasteiger partial charge in [0.15, 0.2) is 0 Å². The largest absolute Gasteiger partial charge is 0.273 e. The summed E-state index contributed by atoms with van der Waals surface area (Å²) in [7, 11) is -3.52. The zero-order chi connectivity index (χ0) is 21.4. The van der Waals surface area contributed by atoms with Gasteiger partial charge in [0.05, 0.1) is 11.3 Å². The van der Waals surface area contributed by atoms with Crippen LogP contribution in [0.4, 0.5) is 0 Å². The molecule has 0 aromatic heterocycles. The smallest absolute Gasteiger partial charge is 0.263 e. The summed E-state index contributed by atoms with van der Waals surface area (Å²) < 4.78 is 26.5. The Kier molecular flexibility index (Phi) is 7.18. The van der Waals surface area contributed by atoms with Gasteiger partial charge >= 0.3 is 0 Å². The standard InChI is InChI=1S/C21H24N4O4S/c26-19(23-24-20(27)15-16-9-3-1-4-10-16)13-5-2-8-14-22-21-17-11-6-7-12-18(17)30(28,29)25-21/h1,3-4,6-7,9-12H,2,5,8,13-15H2,(H,22,25)(H,23,26)(H,24,27). The monoisotopic (exact) mass is 428 g/mol. The fraction of sp³-hybridized carbons (Fsp3) is 0.286. The maximum absolute atomic E-state index is 12.0. The molecule has 158 valence electrons. The van der Waals surface area contributed by atoms with Crippen LogP contribution in [-0.4, -0.2) is 32.6 Å². The molecule has 1 heterocycles. The van der Waals surface area contributed by atoms with E-state index < -0.39 is 10.0 Å². The van der Waals surface area contributed by atoms with E-state index in [1.54, 1.807) is 24.3 Å². The summed E-state index contributed by atoms with van der Waals surface area (Å²) in [5.41, 5.74) is 6.29. The van der Waals surface area contributed by atoms with Gasteiger partial charge in [-0.1, -0.05) is 48.9 Å². The average molecular weight is 429 g/mol. The van der Waals surface area contributed by atoms with Crippen LogP contribution in [0.15, 0.2) is 64.5 Å². The summed E-state index contributed by atoms with van der Waals surface area (Å²) in [4.78, 5) is 28.2. The molecule has 0 radical (unpaired) electrons. The molecule has 2 amide bonds. The zero-order valence-corrected chi connectivity index (χ0v) is 17.2. The molecule has 0 saturated carbocycles. The summed E-state index contributed by atoms with van der Waals surface area (Å²) in [6.45, 7) is 0.460. The normalized spacial score (nSPS) is 15.3. The van der Waals surface area contributed by atoms with Gasteiger partial charge in [0.2, 0.25) is 11.8 Å². The van der Waals surface area contributed by atoms with Crippen molar-refractivity contribution in [3.05, 3.63) is 65.7 Å². The van der Waals surface area contributed by atoms with Crippen molar-refractivity contribution < 1.29 is 18.0 Å². The Bertz CT molecular complexity index is 1040. The summed E-state index contributed by atoms with van der Waals surface area (Å²) in [5.74, 6) is -0.158. The molecule has 0 atom stereocenters. The first-order valence-corrected chi connectivity index (χ1v) is 11.2. The van der Waals surface area contributed by atoms with E-state index in [0.29, 0.717) is 24.4 Å². The number of rotatable bonds is 8. The predicted octanol–water partition coefficient (Wildman–Crippen LogP) is 1.68. The molecule has 0 aliphatic carbocycles. The highest BCUT2D eigenvalue weighted by Gasteiger charge is 2.29. The molecule has 3 N–H and O–H groups in total. The molecule has 0 saturated heterocycles. The molecule has 2 aromatic rings. The number of fused-ring (bicyclic) bond motifs is 1. The van der Waals surface area contributed by atoms with Crippen LogP contribution in [0, 0.1) is 0 Å². The van der Waals surface area contributed by atoms with Gasteiger partial charge in [-0.3, -0.25) is 30.2 Å². The van der Waals surface area contributed by atoms with E-state index in [0.717, 1.165) is 18.4 Å². The second-order valence-corrected chi connectivity index (χ2v) is 8.55. The van der Waals surface area contributed by atoms with Crippen molar-refractivity contribution in [3.63, 3.8) is 0 Å². The van der Waals surface area contributed by atoms with Crippen molar-refractivity contribution in [1.29, 1.82) is 0 Å². The number of nitrogens with one attached hydrogen (secondary N) is 3. The minimum Gasteiger partial charge on any atom is -0.273 e. The summed E-state index contributed by atoms with van der Waals surface area (Å²) in [6.07, 6.45) is 2.62. The van der Waals surface area contributed by atoms with Gasteiger partial charge in [-0.25, -0.2) is 8.42 Å². The first kappa shape index (κ1) is 21.5. The molecule has 0 spiro atoms. The van der Waals surface area contributed by atoms with Crippen molar-refractivity contribution in [1.82, 2.24) is 15.6 Å². The summed E-state index contributed by atoms with van der Waals surface area (Å²) >= 11 is 0. The van der Waals surface area contributed by atoms with Gasteiger partial charge < -0.3 is 0 Å². The lowest BCUT2D eigenvalue weighted by Crippen LogP contribution is -2.42. The second kappa shape index (κ2) is 10.0. The van der Waals surface area contributed by atoms with Crippen LogP contribution < -0.4 is 15.6 Å². The Morgan fingerprint density at radius 3 is 2.37 bits per heavy atom. The quantitative estimate of drug-likeness (QED) is 0.438. The fourth-order valence-electron chi connectivity index (χ4n) is 3.04. The van der Waals surface area contributed by atoms with Crippen molar-refractivity contribution in [2.45, 2.75) is 37.0 Å². The van der Waals surface area contributed by atoms with Crippen molar-refractivity contribution in [2.24, 2.45) is 4.99 Å². The van der Waals surface area contributed by atoms with Gasteiger partial charge in [0, 0.05) is 18.5 Å². The maximum Gasteiger partial charge on any atom is 0.263 e. The molecule has 0 bridgehead atoms. The maximum atomic E-state index is 12.0. The highest BCUT2D eigenvalue weighted by Crippen LogP contribution is 2.22.